The van der Waals surface area contributed by atoms with Crippen molar-refractivity contribution in [3.05, 3.63) is 50.9 Å². The summed E-state index contributed by atoms with van der Waals surface area (Å²) >= 11 is 0. The van der Waals surface area contributed by atoms with Crippen LogP contribution in [-0.2, 0) is 20.2 Å². The molecule has 0 spiro atoms. The Kier molecular flexibility index (Phi) is 4.82. The van der Waals surface area contributed by atoms with E-state index < -0.39 is 26.7 Å². The number of oxime groups is 1. The third-order valence-corrected chi connectivity index (χ3v) is 5.79. The largest absolute Gasteiger partial charge is 0.395 e. The van der Waals surface area contributed by atoms with Crippen molar-refractivity contribution in [2.75, 3.05) is 12.9 Å². The number of hydrogen-bond donors (Lipinski definition) is 1. The van der Waals surface area contributed by atoms with E-state index >= 15 is 0 Å². The SMILES string of the molecule is Cc1c(C(=O)c2c[nH]n(C(C)(C)C)c2=O)ccc(S(C)(=O)=O)c1C1=NOCC1. The maximum atomic E-state index is 13.1. The molecule has 3 rings (SSSR count). The van der Waals surface area contributed by atoms with Gasteiger partial charge in [0.25, 0.3) is 5.56 Å². The zero-order valence-corrected chi connectivity index (χ0v) is 17.3. The molecule has 0 bridgehead atoms. The Labute approximate surface area is 163 Å². The molecule has 0 aliphatic carbocycles. The van der Waals surface area contributed by atoms with Gasteiger partial charge in [-0.25, -0.2) is 13.1 Å². The number of ketones is 1. The molecule has 8 nitrogen and oxygen atoms in total. The maximum absolute atomic E-state index is 13.1. The van der Waals surface area contributed by atoms with E-state index in [1.807, 2.05) is 20.8 Å². The number of nitrogens with one attached hydrogen (secondary N) is 1. The molecule has 1 aromatic carbocycles. The molecule has 9 heteroatoms. The fourth-order valence-corrected chi connectivity index (χ4v) is 4.22. The third-order valence-electron chi connectivity index (χ3n) is 4.65. The van der Waals surface area contributed by atoms with Gasteiger partial charge in [-0.3, -0.25) is 9.59 Å². The Morgan fingerprint density at radius 2 is 1.93 bits per heavy atom. The summed E-state index contributed by atoms with van der Waals surface area (Å²) in [5.74, 6) is -0.470. The lowest BCUT2D eigenvalue weighted by Crippen LogP contribution is -2.34. The average Bonchev–Trinajstić information content (AvgIpc) is 3.22. The van der Waals surface area contributed by atoms with Crippen molar-refractivity contribution >= 4 is 21.3 Å². The second kappa shape index (κ2) is 6.73. The standard InChI is InChI=1S/C19H23N3O5S/c1-11-12(17(23)13-10-20-22(18(13)24)19(2,3)4)6-7-15(28(5,25)26)16(11)14-8-9-27-21-14/h6-7,10,20H,8-9H2,1-5H3. The number of aromatic amines is 1. The summed E-state index contributed by atoms with van der Waals surface area (Å²) in [7, 11) is -3.54. The van der Waals surface area contributed by atoms with Crippen LogP contribution in [0, 0.1) is 6.92 Å². The lowest BCUT2D eigenvalue weighted by atomic mass is 9.93. The number of aromatic nitrogens is 2. The highest BCUT2D eigenvalue weighted by atomic mass is 32.2. The van der Waals surface area contributed by atoms with Gasteiger partial charge in [-0.2, -0.15) is 0 Å². The van der Waals surface area contributed by atoms with Crippen LogP contribution >= 0.6 is 0 Å². The number of benzene rings is 1. The van der Waals surface area contributed by atoms with Crippen LogP contribution in [-0.4, -0.2) is 42.6 Å². The van der Waals surface area contributed by atoms with E-state index in [1.165, 1.54) is 23.0 Å². The molecule has 0 saturated carbocycles. The molecule has 0 fully saturated rings. The second-order valence-corrected chi connectivity index (χ2v) is 9.82. The second-order valence-electron chi connectivity index (χ2n) is 7.83. The van der Waals surface area contributed by atoms with Crippen molar-refractivity contribution in [3.8, 4) is 0 Å². The molecule has 1 N–H and O–H groups in total. The van der Waals surface area contributed by atoms with Gasteiger partial charge in [0.2, 0.25) is 0 Å². The number of hydrogen-bond acceptors (Lipinski definition) is 6. The van der Waals surface area contributed by atoms with Gasteiger partial charge >= 0.3 is 0 Å². The van der Waals surface area contributed by atoms with Crippen molar-refractivity contribution in [3.63, 3.8) is 0 Å². The van der Waals surface area contributed by atoms with Gasteiger partial charge in [-0.1, -0.05) is 5.16 Å². The minimum atomic E-state index is -3.54. The highest BCUT2D eigenvalue weighted by molar-refractivity contribution is 7.90. The molecular weight excluding hydrogens is 382 g/mol. The van der Waals surface area contributed by atoms with E-state index in [2.05, 4.69) is 10.3 Å². The molecule has 0 amide bonds. The fraction of sp³-hybridized carbons (Fsp3) is 0.421. The summed E-state index contributed by atoms with van der Waals surface area (Å²) in [6.07, 6.45) is 2.94. The van der Waals surface area contributed by atoms with Crippen LogP contribution < -0.4 is 5.56 Å². The molecule has 28 heavy (non-hydrogen) atoms. The van der Waals surface area contributed by atoms with E-state index in [-0.39, 0.29) is 16.0 Å². The van der Waals surface area contributed by atoms with Crippen molar-refractivity contribution in [2.45, 2.75) is 44.6 Å². The van der Waals surface area contributed by atoms with Gasteiger partial charge in [0, 0.05) is 30.0 Å². The minimum Gasteiger partial charge on any atom is -0.395 e. The topological polar surface area (TPSA) is 111 Å². The van der Waals surface area contributed by atoms with Gasteiger partial charge in [-0.05, 0) is 45.4 Å². The van der Waals surface area contributed by atoms with Crippen LogP contribution in [0.15, 0.2) is 33.2 Å². The lowest BCUT2D eigenvalue weighted by Gasteiger charge is -2.18. The Balaban J connectivity index is 2.19. The smallest absolute Gasteiger partial charge is 0.278 e. The molecule has 0 atom stereocenters. The first-order valence-electron chi connectivity index (χ1n) is 8.81. The fourth-order valence-electron chi connectivity index (χ4n) is 3.26. The molecule has 0 saturated heterocycles. The van der Waals surface area contributed by atoms with Gasteiger partial charge in [-0.15, -0.1) is 0 Å². The van der Waals surface area contributed by atoms with Crippen molar-refractivity contribution in [1.29, 1.82) is 0 Å². The zero-order chi connectivity index (χ0) is 20.9. The van der Waals surface area contributed by atoms with Crippen LogP contribution in [0.3, 0.4) is 0 Å². The zero-order valence-electron chi connectivity index (χ0n) is 16.5. The average molecular weight is 405 g/mol. The molecule has 1 aliphatic rings. The van der Waals surface area contributed by atoms with Gasteiger partial charge in [0.05, 0.1) is 16.1 Å². The first-order chi connectivity index (χ1) is 12.9. The highest BCUT2D eigenvalue weighted by Gasteiger charge is 2.28. The van der Waals surface area contributed by atoms with Gasteiger partial charge < -0.3 is 9.94 Å². The molecule has 1 aliphatic heterocycles. The summed E-state index contributed by atoms with van der Waals surface area (Å²) in [5.41, 5.74) is 0.639. The minimum absolute atomic E-state index is 0.000640. The monoisotopic (exact) mass is 405 g/mol. The van der Waals surface area contributed by atoms with Crippen LogP contribution in [0.4, 0.5) is 0 Å². The number of carbonyl (C=O) groups excluding carboxylic acids is 1. The summed E-state index contributed by atoms with van der Waals surface area (Å²) in [6, 6.07) is 2.84. The molecule has 150 valence electrons. The van der Waals surface area contributed by atoms with Crippen LogP contribution in [0.1, 0.15) is 54.2 Å². The Bertz CT molecular complexity index is 1150. The van der Waals surface area contributed by atoms with Crippen molar-refractivity contribution < 1.29 is 18.0 Å². The summed E-state index contributed by atoms with van der Waals surface area (Å²) in [5, 5.41) is 6.77. The quantitative estimate of drug-likeness (QED) is 0.782. The Morgan fingerprint density at radius 3 is 2.43 bits per heavy atom. The van der Waals surface area contributed by atoms with E-state index in [0.29, 0.717) is 29.9 Å². The van der Waals surface area contributed by atoms with Crippen molar-refractivity contribution in [2.24, 2.45) is 5.16 Å². The summed E-state index contributed by atoms with van der Waals surface area (Å²) < 4.78 is 25.9. The van der Waals surface area contributed by atoms with E-state index in [0.717, 1.165) is 6.26 Å². The van der Waals surface area contributed by atoms with Gasteiger partial charge in [0.1, 0.15) is 12.2 Å². The first-order valence-corrected chi connectivity index (χ1v) is 10.7. The molecule has 2 aromatic rings. The lowest BCUT2D eigenvalue weighted by molar-refractivity contribution is 0.103. The predicted octanol–water partition coefficient (Wildman–Crippen LogP) is 2.00. The van der Waals surface area contributed by atoms with E-state index in [1.54, 1.807) is 6.92 Å². The predicted molar refractivity (Wildman–Crippen MR) is 105 cm³/mol. The molecular formula is C19H23N3O5S. The van der Waals surface area contributed by atoms with E-state index in [4.69, 9.17) is 4.84 Å². The highest BCUT2D eigenvalue weighted by Crippen LogP contribution is 2.27. The third kappa shape index (κ3) is 3.42. The maximum Gasteiger partial charge on any atom is 0.278 e. The Morgan fingerprint density at radius 1 is 1.25 bits per heavy atom. The molecule has 2 heterocycles. The van der Waals surface area contributed by atoms with Crippen LogP contribution in [0.25, 0.3) is 0 Å². The number of rotatable bonds is 4. The summed E-state index contributed by atoms with van der Waals surface area (Å²) in [4.78, 5) is 30.9. The van der Waals surface area contributed by atoms with Gasteiger partial charge in [0.15, 0.2) is 15.6 Å². The first kappa shape index (κ1) is 20.1. The normalized spacial score (nSPS) is 14.7. The van der Waals surface area contributed by atoms with Crippen LogP contribution in [0.5, 0.6) is 0 Å². The molecule has 0 radical (unpaired) electrons. The molecule has 0 unspecified atom stereocenters. The summed E-state index contributed by atoms with van der Waals surface area (Å²) in [6.45, 7) is 7.56. The van der Waals surface area contributed by atoms with Crippen LogP contribution in [0.2, 0.25) is 0 Å². The number of nitrogens with zero attached hydrogens (tertiary/aromatic N) is 2. The number of H-pyrrole nitrogens is 1. The Hall–Kier alpha value is -2.68. The molecule has 1 aromatic heterocycles. The van der Waals surface area contributed by atoms with Crippen molar-refractivity contribution in [1.82, 2.24) is 9.78 Å². The number of sulfone groups is 1. The van der Waals surface area contributed by atoms with E-state index in [9.17, 15) is 18.0 Å². The number of carbonyl (C=O) groups is 1.